The van der Waals surface area contributed by atoms with Crippen molar-refractivity contribution < 1.29 is 22.3 Å². The molecule has 1 heterocycles. The molecule has 6 nitrogen and oxygen atoms in total. The molecule has 2 aromatic carbocycles. The molecule has 0 bridgehead atoms. The molecule has 0 unspecified atom stereocenters. The molecule has 2 atom stereocenters. The summed E-state index contributed by atoms with van der Waals surface area (Å²) in [5.41, 5.74) is 2.11. The van der Waals surface area contributed by atoms with E-state index >= 15 is 0 Å². The predicted molar refractivity (Wildman–Crippen MR) is 109 cm³/mol. The summed E-state index contributed by atoms with van der Waals surface area (Å²) < 4.78 is 45.4. The number of ether oxygens (including phenoxy) is 1. The van der Waals surface area contributed by atoms with Gasteiger partial charge in [0.15, 0.2) is 0 Å². The maximum atomic E-state index is 14.2. The Balaban J connectivity index is 1.92. The van der Waals surface area contributed by atoms with Crippen LogP contribution in [0.15, 0.2) is 48.5 Å². The second-order valence-corrected chi connectivity index (χ2v) is 9.03. The summed E-state index contributed by atoms with van der Waals surface area (Å²) in [5.74, 6) is -0.310. The van der Waals surface area contributed by atoms with Crippen LogP contribution in [0, 0.1) is 5.82 Å². The molecule has 3 rings (SSSR count). The third kappa shape index (κ3) is 5.33. The minimum Gasteiger partial charge on any atom is -0.453 e. The van der Waals surface area contributed by atoms with Crippen molar-refractivity contribution in [3.8, 4) is 11.1 Å². The highest BCUT2D eigenvalue weighted by Crippen LogP contribution is 2.27. The number of sulfonamides is 1. The second-order valence-electron chi connectivity index (χ2n) is 7.25. The van der Waals surface area contributed by atoms with Gasteiger partial charge in [-0.3, -0.25) is 0 Å². The van der Waals surface area contributed by atoms with E-state index in [2.05, 4.69) is 4.72 Å². The number of hydrogen-bond donors (Lipinski definition) is 1. The van der Waals surface area contributed by atoms with E-state index < -0.39 is 28.2 Å². The van der Waals surface area contributed by atoms with Crippen LogP contribution in [-0.2, 0) is 21.2 Å². The Labute approximate surface area is 170 Å². The van der Waals surface area contributed by atoms with Crippen molar-refractivity contribution in [2.24, 2.45) is 0 Å². The molecule has 1 fully saturated rings. The number of hydrogen-bond acceptors (Lipinski definition) is 4. The Morgan fingerprint density at radius 1 is 1.24 bits per heavy atom. The molecule has 0 radical (unpaired) electrons. The number of likely N-dealkylation sites (tertiary alicyclic amines) is 1. The summed E-state index contributed by atoms with van der Waals surface area (Å²) in [6, 6.07) is 13.1. The molecule has 0 aliphatic carbocycles. The van der Waals surface area contributed by atoms with E-state index in [-0.39, 0.29) is 5.82 Å². The Hall–Kier alpha value is -2.45. The van der Waals surface area contributed by atoms with Crippen molar-refractivity contribution in [3.05, 3.63) is 59.9 Å². The van der Waals surface area contributed by atoms with Gasteiger partial charge in [0.2, 0.25) is 10.0 Å². The van der Waals surface area contributed by atoms with Gasteiger partial charge in [-0.05, 0) is 36.5 Å². The normalized spacial score (nSPS) is 19.8. The van der Waals surface area contributed by atoms with Crippen LogP contribution in [0.2, 0.25) is 0 Å². The summed E-state index contributed by atoms with van der Waals surface area (Å²) in [5, 5.41) is 0. The van der Waals surface area contributed by atoms with Crippen LogP contribution >= 0.6 is 0 Å². The fourth-order valence-corrected chi connectivity index (χ4v) is 4.69. The zero-order valence-corrected chi connectivity index (χ0v) is 17.3. The Bertz CT molecular complexity index is 980. The average Bonchev–Trinajstić information content (AvgIpc) is 2.68. The van der Waals surface area contributed by atoms with E-state index in [9.17, 15) is 17.6 Å². The topological polar surface area (TPSA) is 75.7 Å². The molecule has 2 aromatic rings. The highest BCUT2D eigenvalue weighted by atomic mass is 32.2. The van der Waals surface area contributed by atoms with Gasteiger partial charge in [-0.2, -0.15) is 0 Å². The molecule has 1 N–H and O–H groups in total. The largest absolute Gasteiger partial charge is 0.453 e. The van der Waals surface area contributed by atoms with Crippen molar-refractivity contribution in [1.82, 2.24) is 9.62 Å². The summed E-state index contributed by atoms with van der Waals surface area (Å²) in [6.45, 7) is 0.492. The molecule has 1 saturated heterocycles. The Morgan fingerprint density at radius 2 is 2.00 bits per heavy atom. The number of nitrogens with one attached hydrogen (secondary N) is 1. The molecular weight excluding hydrogens is 395 g/mol. The minimum atomic E-state index is -3.44. The van der Waals surface area contributed by atoms with E-state index in [1.807, 2.05) is 24.3 Å². The zero-order chi connectivity index (χ0) is 21.0. The van der Waals surface area contributed by atoms with Crippen molar-refractivity contribution in [2.75, 3.05) is 19.9 Å². The van der Waals surface area contributed by atoms with Gasteiger partial charge < -0.3 is 9.64 Å². The molecule has 156 valence electrons. The number of piperidine rings is 1. The van der Waals surface area contributed by atoms with Gasteiger partial charge in [0.1, 0.15) is 5.82 Å². The third-order valence-corrected chi connectivity index (χ3v) is 5.84. The molecule has 8 heteroatoms. The molecule has 0 spiro atoms. The van der Waals surface area contributed by atoms with Gasteiger partial charge in [0, 0.05) is 18.2 Å². The van der Waals surface area contributed by atoms with E-state index in [1.54, 1.807) is 23.1 Å². The molecule has 0 saturated carbocycles. The van der Waals surface area contributed by atoms with Crippen LogP contribution in [0.5, 0.6) is 0 Å². The van der Waals surface area contributed by atoms with Crippen molar-refractivity contribution in [1.29, 1.82) is 0 Å². The fraction of sp³-hybridized carbons (Fsp3) is 0.381. The van der Waals surface area contributed by atoms with Crippen LogP contribution < -0.4 is 4.72 Å². The molecular formula is C21H25FN2O4S. The molecule has 1 amide bonds. The van der Waals surface area contributed by atoms with Gasteiger partial charge in [-0.25, -0.2) is 22.3 Å². The molecule has 29 heavy (non-hydrogen) atoms. The smallest absolute Gasteiger partial charge is 0.409 e. The van der Waals surface area contributed by atoms with Crippen molar-refractivity contribution in [2.45, 2.75) is 31.3 Å². The van der Waals surface area contributed by atoms with Crippen molar-refractivity contribution in [3.63, 3.8) is 0 Å². The number of rotatable bonds is 5. The first kappa shape index (κ1) is 21.3. The highest BCUT2D eigenvalue weighted by molar-refractivity contribution is 7.88. The molecule has 1 aliphatic heterocycles. The SMILES string of the molecule is COC(=O)N1CCC[C@H](NS(C)(=O)=O)[C@@H]1Cc1cccc(-c2ccccc2F)c1. The van der Waals surface area contributed by atoms with E-state index in [0.29, 0.717) is 31.4 Å². The summed E-state index contributed by atoms with van der Waals surface area (Å²) in [4.78, 5) is 13.9. The van der Waals surface area contributed by atoms with Crippen LogP contribution in [0.1, 0.15) is 18.4 Å². The van der Waals surface area contributed by atoms with E-state index in [1.165, 1.54) is 13.2 Å². The maximum Gasteiger partial charge on any atom is 0.409 e. The zero-order valence-electron chi connectivity index (χ0n) is 16.5. The molecule has 0 aromatic heterocycles. The Morgan fingerprint density at radius 3 is 2.69 bits per heavy atom. The lowest BCUT2D eigenvalue weighted by atomic mass is 9.90. The number of amides is 1. The summed E-state index contributed by atoms with van der Waals surface area (Å²) in [7, 11) is -2.13. The number of nitrogens with zero attached hydrogens (tertiary/aromatic N) is 1. The van der Waals surface area contributed by atoms with E-state index in [4.69, 9.17) is 4.74 Å². The lowest BCUT2D eigenvalue weighted by Crippen LogP contribution is -2.57. The fourth-order valence-electron chi connectivity index (χ4n) is 3.87. The number of carbonyl (C=O) groups is 1. The van der Waals surface area contributed by atoms with Gasteiger partial charge in [-0.15, -0.1) is 0 Å². The second kappa shape index (κ2) is 8.92. The number of methoxy groups -OCH3 is 1. The van der Waals surface area contributed by atoms with E-state index in [0.717, 1.165) is 17.4 Å². The maximum absolute atomic E-state index is 14.2. The van der Waals surface area contributed by atoms with Gasteiger partial charge in [0.25, 0.3) is 0 Å². The first-order valence-corrected chi connectivity index (χ1v) is 11.3. The van der Waals surface area contributed by atoms with Crippen LogP contribution in [0.25, 0.3) is 11.1 Å². The highest BCUT2D eigenvalue weighted by Gasteiger charge is 2.36. The Kier molecular flexibility index (Phi) is 6.54. The van der Waals surface area contributed by atoms with Gasteiger partial charge in [-0.1, -0.05) is 42.5 Å². The lowest BCUT2D eigenvalue weighted by molar-refractivity contribution is 0.0792. The molecule has 1 aliphatic rings. The summed E-state index contributed by atoms with van der Waals surface area (Å²) in [6.07, 6.45) is 2.34. The summed E-state index contributed by atoms with van der Waals surface area (Å²) >= 11 is 0. The number of halogens is 1. The number of benzene rings is 2. The van der Waals surface area contributed by atoms with Crippen molar-refractivity contribution >= 4 is 16.1 Å². The average molecular weight is 421 g/mol. The van der Waals surface area contributed by atoms with Gasteiger partial charge in [0.05, 0.1) is 19.4 Å². The monoisotopic (exact) mass is 420 g/mol. The first-order valence-electron chi connectivity index (χ1n) is 9.44. The lowest BCUT2D eigenvalue weighted by Gasteiger charge is -2.40. The number of carbonyl (C=O) groups excluding carboxylic acids is 1. The standard InChI is InChI=1S/C21H25FN2O4S/c1-28-21(25)24-12-6-11-19(23-29(2,26)27)20(24)14-15-7-5-8-16(13-15)17-9-3-4-10-18(17)22/h3-5,7-10,13,19-20,23H,6,11-12,14H2,1-2H3/t19-,20-/m0/s1. The predicted octanol–water partition coefficient (Wildman–Crippen LogP) is 3.18. The quantitative estimate of drug-likeness (QED) is 0.806. The third-order valence-electron chi connectivity index (χ3n) is 5.11. The van der Waals surface area contributed by atoms with Crippen LogP contribution in [0.3, 0.4) is 0 Å². The van der Waals surface area contributed by atoms with Crippen LogP contribution in [0.4, 0.5) is 9.18 Å². The first-order chi connectivity index (χ1) is 13.8. The van der Waals surface area contributed by atoms with Crippen LogP contribution in [-0.4, -0.2) is 51.4 Å². The minimum absolute atomic E-state index is 0.310. The van der Waals surface area contributed by atoms with Gasteiger partial charge >= 0.3 is 6.09 Å².